The Morgan fingerprint density at radius 1 is 1.36 bits per heavy atom. The highest BCUT2D eigenvalue weighted by Gasteiger charge is 2.44. The summed E-state index contributed by atoms with van der Waals surface area (Å²) in [6, 6.07) is 0. The zero-order valence-electron chi connectivity index (χ0n) is 7.30. The van der Waals surface area contributed by atoms with E-state index in [9.17, 15) is 18.0 Å². The van der Waals surface area contributed by atoms with Gasteiger partial charge in [-0.1, -0.05) is 0 Å². The first kappa shape index (κ1) is 9.55. The fraction of sp³-hybridized carbons (Fsp3) is 0.667. The Morgan fingerprint density at radius 2 is 2.07 bits per heavy atom. The highest BCUT2D eigenvalue weighted by Crippen LogP contribution is 2.41. The van der Waals surface area contributed by atoms with Crippen LogP contribution >= 0.6 is 0 Å². The first-order valence-corrected chi connectivity index (χ1v) is 4.48. The lowest BCUT2D eigenvalue weighted by Crippen LogP contribution is -2.11. The number of carbonyl (C=O) groups excluding carboxylic acids is 1. The molecule has 14 heavy (non-hydrogen) atoms. The van der Waals surface area contributed by atoms with E-state index in [1.165, 1.54) is 0 Å². The molecule has 1 saturated carbocycles. The van der Waals surface area contributed by atoms with E-state index >= 15 is 0 Å². The summed E-state index contributed by atoms with van der Waals surface area (Å²) in [5.74, 6) is -1.12. The van der Waals surface area contributed by atoms with Gasteiger partial charge in [-0.05, 0) is 19.3 Å². The molecule has 0 radical (unpaired) electrons. The largest absolute Gasteiger partial charge is 0.458 e. The molecule has 1 aliphatic heterocycles. The molecule has 0 aromatic rings. The molecule has 5 heteroatoms. The highest BCUT2D eigenvalue weighted by atomic mass is 19.4. The second-order valence-corrected chi connectivity index (χ2v) is 3.62. The average Bonchev–Trinajstić information content (AvgIpc) is 2.54. The summed E-state index contributed by atoms with van der Waals surface area (Å²) in [7, 11) is 0. The third-order valence-electron chi connectivity index (χ3n) is 2.67. The molecule has 78 valence electrons. The minimum atomic E-state index is -4.42. The zero-order valence-corrected chi connectivity index (χ0v) is 7.30. The van der Waals surface area contributed by atoms with E-state index in [1.807, 2.05) is 0 Å². The van der Waals surface area contributed by atoms with Crippen LogP contribution in [0.3, 0.4) is 0 Å². The van der Waals surface area contributed by atoms with E-state index in [-0.39, 0.29) is 23.7 Å². The van der Waals surface area contributed by atoms with Crippen molar-refractivity contribution in [3.63, 3.8) is 0 Å². The number of fused-ring (bicyclic) bond motifs is 1. The molecule has 0 aromatic carbocycles. The van der Waals surface area contributed by atoms with Crippen LogP contribution in [0.1, 0.15) is 19.3 Å². The van der Waals surface area contributed by atoms with Crippen LogP contribution in [-0.4, -0.2) is 18.2 Å². The summed E-state index contributed by atoms with van der Waals surface area (Å²) in [6.45, 7) is 0. The Morgan fingerprint density at radius 3 is 2.71 bits per heavy atom. The van der Waals surface area contributed by atoms with Crippen molar-refractivity contribution in [3.05, 3.63) is 11.6 Å². The topological polar surface area (TPSA) is 26.3 Å². The number of esters is 1. The first-order chi connectivity index (χ1) is 6.47. The maximum absolute atomic E-state index is 12.1. The molecule has 0 bridgehead atoms. The minimum Gasteiger partial charge on any atom is -0.458 e. The average molecular weight is 206 g/mol. The number of ether oxygens (including phenoxy) is 1. The van der Waals surface area contributed by atoms with Crippen LogP contribution in [0.2, 0.25) is 0 Å². The fourth-order valence-electron chi connectivity index (χ4n) is 2.12. The van der Waals surface area contributed by atoms with Gasteiger partial charge in [0, 0.05) is 17.6 Å². The number of alkyl halides is 3. The molecule has 2 aliphatic rings. The number of hydrogen-bond donors (Lipinski definition) is 0. The van der Waals surface area contributed by atoms with E-state index in [0.717, 1.165) is 6.42 Å². The molecule has 2 rings (SSSR count). The zero-order chi connectivity index (χ0) is 10.3. The number of carbonyl (C=O) groups is 1. The SMILES string of the molecule is O=C1OC2CCCC2/C1=C\C(F)(F)F. The maximum atomic E-state index is 12.1. The molecule has 1 aliphatic carbocycles. The van der Waals surface area contributed by atoms with Gasteiger partial charge in [0.25, 0.3) is 0 Å². The Balaban J connectivity index is 2.26. The van der Waals surface area contributed by atoms with Gasteiger partial charge < -0.3 is 4.74 Å². The van der Waals surface area contributed by atoms with Crippen LogP contribution in [0.25, 0.3) is 0 Å². The normalized spacial score (nSPS) is 34.8. The molecule has 0 amide bonds. The molecule has 1 saturated heterocycles. The molecule has 2 fully saturated rings. The monoisotopic (exact) mass is 206 g/mol. The van der Waals surface area contributed by atoms with Gasteiger partial charge in [-0.2, -0.15) is 13.2 Å². The molecular weight excluding hydrogens is 197 g/mol. The molecule has 0 aromatic heterocycles. The van der Waals surface area contributed by atoms with Crippen molar-refractivity contribution >= 4 is 5.97 Å². The van der Waals surface area contributed by atoms with Crippen LogP contribution < -0.4 is 0 Å². The molecule has 2 unspecified atom stereocenters. The predicted molar refractivity (Wildman–Crippen MR) is 41.4 cm³/mol. The van der Waals surface area contributed by atoms with Crippen LogP contribution in [0, 0.1) is 5.92 Å². The molecule has 0 N–H and O–H groups in total. The number of allylic oxidation sites excluding steroid dienone is 1. The standard InChI is InChI=1S/C9H9F3O2/c10-9(11,12)4-6-5-2-1-3-7(5)14-8(6)13/h4-5,7H,1-3H2/b6-4+. The Labute approximate surface area is 78.7 Å². The summed E-state index contributed by atoms with van der Waals surface area (Å²) in [4.78, 5) is 11.1. The molecular formula is C9H9F3O2. The van der Waals surface area contributed by atoms with Crippen molar-refractivity contribution in [1.29, 1.82) is 0 Å². The number of hydrogen-bond acceptors (Lipinski definition) is 2. The van der Waals surface area contributed by atoms with Crippen LogP contribution in [0.15, 0.2) is 11.6 Å². The summed E-state index contributed by atoms with van der Waals surface area (Å²) in [5, 5.41) is 0. The van der Waals surface area contributed by atoms with Gasteiger partial charge in [-0.25, -0.2) is 4.79 Å². The lowest BCUT2D eigenvalue weighted by molar-refractivity contribution is -0.139. The van der Waals surface area contributed by atoms with Gasteiger partial charge in [0.05, 0.1) is 0 Å². The lowest BCUT2D eigenvalue weighted by Gasteiger charge is -2.06. The summed E-state index contributed by atoms with van der Waals surface area (Å²) in [6.07, 6.45) is -2.50. The molecule has 2 nitrogen and oxygen atoms in total. The van der Waals surface area contributed by atoms with E-state index in [1.54, 1.807) is 0 Å². The second kappa shape index (κ2) is 3.00. The van der Waals surface area contributed by atoms with E-state index in [4.69, 9.17) is 4.74 Å². The first-order valence-electron chi connectivity index (χ1n) is 4.48. The van der Waals surface area contributed by atoms with Gasteiger partial charge in [-0.15, -0.1) is 0 Å². The molecule has 2 atom stereocenters. The van der Waals surface area contributed by atoms with E-state index in [0.29, 0.717) is 12.8 Å². The highest BCUT2D eigenvalue weighted by molar-refractivity contribution is 5.91. The fourth-order valence-corrected chi connectivity index (χ4v) is 2.12. The van der Waals surface area contributed by atoms with Gasteiger partial charge in [0.15, 0.2) is 0 Å². The van der Waals surface area contributed by atoms with Gasteiger partial charge >= 0.3 is 12.1 Å². The summed E-state index contributed by atoms with van der Waals surface area (Å²) in [5.41, 5.74) is -0.194. The van der Waals surface area contributed by atoms with Gasteiger partial charge in [0.2, 0.25) is 0 Å². The van der Waals surface area contributed by atoms with E-state index < -0.39 is 12.1 Å². The van der Waals surface area contributed by atoms with Crippen molar-refractivity contribution < 1.29 is 22.7 Å². The van der Waals surface area contributed by atoms with Crippen LogP contribution in [-0.2, 0) is 9.53 Å². The van der Waals surface area contributed by atoms with Crippen LogP contribution in [0.5, 0.6) is 0 Å². The van der Waals surface area contributed by atoms with Crippen LogP contribution in [0.4, 0.5) is 13.2 Å². The van der Waals surface area contributed by atoms with Crippen molar-refractivity contribution in [2.24, 2.45) is 5.92 Å². The summed E-state index contributed by atoms with van der Waals surface area (Å²) < 4.78 is 41.0. The van der Waals surface area contributed by atoms with Crippen molar-refractivity contribution in [2.75, 3.05) is 0 Å². The maximum Gasteiger partial charge on any atom is 0.410 e. The van der Waals surface area contributed by atoms with E-state index in [2.05, 4.69) is 0 Å². The number of halogens is 3. The van der Waals surface area contributed by atoms with Gasteiger partial charge in [-0.3, -0.25) is 0 Å². The van der Waals surface area contributed by atoms with Crippen molar-refractivity contribution in [2.45, 2.75) is 31.5 Å². The minimum absolute atomic E-state index is 0.0886. The number of rotatable bonds is 0. The third kappa shape index (κ3) is 1.63. The molecule has 0 spiro atoms. The Kier molecular flexibility index (Phi) is 2.05. The molecule has 1 heterocycles. The van der Waals surface area contributed by atoms with Crippen molar-refractivity contribution in [3.8, 4) is 0 Å². The smallest absolute Gasteiger partial charge is 0.410 e. The second-order valence-electron chi connectivity index (χ2n) is 3.62. The van der Waals surface area contributed by atoms with Gasteiger partial charge in [0.1, 0.15) is 6.10 Å². The predicted octanol–water partition coefficient (Wildman–Crippen LogP) is 2.20. The van der Waals surface area contributed by atoms with Crippen molar-refractivity contribution in [1.82, 2.24) is 0 Å². The summed E-state index contributed by atoms with van der Waals surface area (Å²) >= 11 is 0. The Hall–Kier alpha value is -1.00. The third-order valence-corrected chi connectivity index (χ3v) is 2.67. The quantitative estimate of drug-likeness (QED) is 0.448. The lowest BCUT2D eigenvalue weighted by atomic mass is 9.98. The Bertz CT molecular complexity index is 293.